The number of nitrogens with zero attached hydrogens (tertiary/aromatic N) is 2. The Bertz CT molecular complexity index is 1020. The van der Waals surface area contributed by atoms with Crippen LogP contribution in [0.5, 0.6) is 0 Å². The number of esters is 1. The Kier molecular flexibility index (Phi) is 8.62. The van der Waals surface area contributed by atoms with Crippen LogP contribution in [0.3, 0.4) is 0 Å². The van der Waals surface area contributed by atoms with E-state index < -0.39 is 17.6 Å². The maximum atomic E-state index is 12.2. The van der Waals surface area contributed by atoms with E-state index in [1.54, 1.807) is 27.0 Å². The van der Waals surface area contributed by atoms with Crippen molar-refractivity contribution in [3.63, 3.8) is 0 Å². The minimum absolute atomic E-state index is 0.236. The third-order valence-corrected chi connectivity index (χ3v) is 5.08. The normalized spacial score (nSPS) is 13.3. The number of ether oxygens (including phenoxy) is 1. The molecule has 1 aliphatic rings. The number of alkyl halides is 3. The fourth-order valence-corrected chi connectivity index (χ4v) is 3.31. The van der Waals surface area contributed by atoms with Crippen molar-refractivity contribution in [3.8, 4) is 0 Å². The Hall–Kier alpha value is -2.92. The van der Waals surface area contributed by atoms with Crippen molar-refractivity contribution in [1.82, 2.24) is 15.3 Å². The summed E-state index contributed by atoms with van der Waals surface area (Å²) in [6.07, 6.45) is -2.47. The number of halogens is 4. The van der Waals surface area contributed by atoms with Gasteiger partial charge >= 0.3 is 18.1 Å². The lowest BCUT2D eigenvalue weighted by Gasteiger charge is -2.23. The van der Waals surface area contributed by atoms with Crippen LogP contribution in [-0.4, -0.2) is 46.3 Å². The molecule has 0 unspecified atom stereocenters. The number of anilines is 2. The highest BCUT2D eigenvalue weighted by Gasteiger charge is 2.38. The summed E-state index contributed by atoms with van der Waals surface area (Å²) in [4.78, 5) is 29.7. The van der Waals surface area contributed by atoms with Crippen LogP contribution in [0.2, 0.25) is 5.15 Å². The van der Waals surface area contributed by atoms with Gasteiger partial charge in [-0.2, -0.15) is 13.2 Å². The van der Waals surface area contributed by atoms with E-state index in [1.165, 1.54) is 11.1 Å². The van der Waals surface area contributed by atoms with Crippen LogP contribution in [-0.2, 0) is 32.7 Å². The Morgan fingerprint density at radius 1 is 1.27 bits per heavy atom. The average molecular weight is 489 g/mol. The number of fused-ring (bicyclic) bond motifs is 1. The molecule has 0 fully saturated rings. The van der Waals surface area contributed by atoms with Crippen LogP contribution in [0.15, 0.2) is 24.4 Å². The van der Waals surface area contributed by atoms with Gasteiger partial charge in [0.15, 0.2) is 0 Å². The second-order valence-electron chi connectivity index (χ2n) is 7.58. The summed E-state index contributed by atoms with van der Waals surface area (Å²) >= 11 is 6.33. The third-order valence-electron chi connectivity index (χ3n) is 4.79. The number of carbonyl (C=O) groups excluding carboxylic acids is 1. The molecule has 0 amide bonds. The van der Waals surface area contributed by atoms with Gasteiger partial charge in [-0.25, -0.2) is 14.8 Å². The van der Waals surface area contributed by atoms with Crippen LogP contribution in [0.1, 0.15) is 37.5 Å². The molecule has 3 N–H and O–H groups in total. The summed E-state index contributed by atoms with van der Waals surface area (Å²) in [6, 6.07) is 6.23. The summed E-state index contributed by atoms with van der Waals surface area (Å²) < 4.78 is 36.9. The van der Waals surface area contributed by atoms with E-state index in [4.69, 9.17) is 26.2 Å². The fraction of sp³-hybridized carbons (Fsp3) is 0.429. The van der Waals surface area contributed by atoms with Gasteiger partial charge in [-0.15, -0.1) is 0 Å². The molecule has 0 radical (unpaired) electrons. The quantitative estimate of drug-likeness (QED) is 0.427. The van der Waals surface area contributed by atoms with Gasteiger partial charge in [0.1, 0.15) is 5.15 Å². The second-order valence-corrected chi connectivity index (χ2v) is 7.94. The molecule has 2 heterocycles. The molecule has 0 saturated carbocycles. The van der Waals surface area contributed by atoms with Crippen LogP contribution < -0.4 is 10.6 Å². The number of carboxylic acid groups (broad SMARTS) is 1. The topological polar surface area (TPSA) is 113 Å². The molecule has 8 nitrogen and oxygen atoms in total. The van der Waals surface area contributed by atoms with Gasteiger partial charge in [0, 0.05) is 24.0 Å². The predicted molar refractivity (Wildman–Crippen MR) is 116 cm³/mol. The standard InChI is InChI=1S/C19H23ClN4O2.C2HF3O2/c1-4-26-17(25)19(2,3)15-11-22-18(24-16(15)20)23-14-6-5-12-7-8-21-10-13(12)9-14;3-2(4,5)1(6)7/h5-6,9,11,21H,4,7-8,10H2,1-3H3,(H,22,23,24);(H,6,7). The van der Waals surface area contributed by atoms with Gasteiger partial charge in [0.25, 0.3) is 0 Å². The number of hydrogen-bond acceptors (Lipinski definition) is 7. The zero-order valence-electron chi connectivity index (χ0n) is 18.2. The molecule has 1 aromatic carbocycles. The van der Waals surface area contributed by atoms with Crippen molar-refractivity contribution in [1.29, 1.82) is 0 Å². The number of carboxylic acids is 1. The number of nitrogens with one attached hydrogen (secondary N) is 2. The van der Waals surface area contributed by atoms with E-state index in [2.05, 4.69) is 32.7 Å². The van der Waals surface area contributed by atoms with Crippen LogP contribution in [0, 0.1) is 0 Å². The first-order valence-corrected chi connectivity index (χ1v) is 10.3. The Balaban J connectivity index is 0.000000479. The lowest BCUT2D eigenvalue weighted by Crippen LogP contribution is -2.32. The first-order valence-electron chi connectivity index (χ1n) is 9.96. The van der Waals surface area contributed by atoms with Crippen molar-refractivity contribution in [2.45, 2.75) is 45.3 Å². The van der Waals surface area contributed by atoms with E-state index in [0.717, 1.165) is 25.2 Å². The number of benzene rings is 1. The zero-order valence-corrected chi connectivity index (χ0v) is 19.0. The highest BCUT2D eigenvalue weighted by molar-refractivity contribution is 6.30. The predicted octanol–water partition coefficient (Wildman–Crippen LogP) is 3.99. The van der Waals surface area contributed by atoms with Gasteiger partial charge in [-0.3, -0.25) is 4.79 Å². The number of hydrogen-bond donors (Lipinski definition) is 3. The van der Waals surface area contributed by atoms with Crippen molar-refractivity contribution < 1.29 is 32.6 Å². The molecule has 33 heavy (non-hydrogen) atoms. The largest absolute Gasteiger partial charge is 0.490 e. The maximum Gasteiger partial charge on any atom is 0.490 e. The molecular weight excluding hydrogens is 465 g/mol. The smallest absolute Gasteiger partial charge is 0.475 e. The van der Waals surface area contributed by atoms with Crippen LogP contribution in [0.25, 0.3) is 0 Å². The number of carbonyl (C=O) groups is 2. The summed E-state index contributed by atoms with van der Waals surface area (Å²) in [6.45, 7) is 7.45. The summed E-state index contributed by atoms with van der Waals surface area (Å²) in [5.74, 6) is -2.72. The molecule has 0 spiro atoms. The molecular formula is C21H24ClF3N4O4. The summed E-state index contributed by atoms with van der Waals surface area (Å²) in [7, 11) is 0. The molecule has 12 heteroatoms. The molecule has 0 saturated heterocycles. The van der Waals surface area contributed by atoms with Gasteiger partial charge in [-0.1, -0.05) is 17.7 Å². The third kappa shape index (κ3) is 7.03. The van der Waals surface area contributed by atoms with E-state index in [1.807, 2.05) is 6.07 Å². The Morgan fingerprint density at radius 3 is 2.52 bits per heavy atom. The molecule has 180 valence electrons. The second kappa shape index (κ2) is 10.8. The highest BCUT2D eigenvalue weighted by atomic mass is 35.5. The lowest BCUT2D eigenvalue weighted by atomic mass is 9.86. The first-order chi connectivity index (χ1) is 15.4. The Morgan fingerprint density at radius 2 is 1.94 bits per heavy atom. The van der Waals surface area contributed by atoms with E-state index in [0.29, 0.717) is 18.1 Å². The molecule has 2 aromatic rings. The molecule has 0 bridgehead atoms. The highest BCUT2D eigenvalue weighted by Crippen LogP contribution is 2.30. The fourth-order valence-electron chi connectivity index (χ4n) is 2.95. The van der Waals surface area contributed by atoms with Crippen molar-refractivity contribution in [2.75, 3.05) is 18.5 Å². The van der Waals surface area contributed by atoms with Crippen LogP contribution >= 0.6 is 11.6 Å². The monoisotopic (exact) mass is 488 g/mol. The summed E-state index contributed by atoms with van der Waals surface area (Å²) in [5.41, 5.74) is 3.16. The zero-order chi connectivity index (χ0) is 24.8. The molecule has 1 aliphatic heterocycles. The summed E-state index contributed by atoms with van der Waals surface area (Å²) in [5, 5.41) is 13.9. The van der Waals surface area contributed by atoms with Gasteiger partial charge in [0.05, 0.1) is 12.0 Å². The van der Waals surface area contributed by atoms with Crippen molar-refractivity contribution in [2.24, 2.45) is 0 Å². The Labute approximate surface area is 193 Å². The van der Waals surface area contributed by atoms with Crippen molar-refractivity contribution >= 4 is 35.2 Å². The first kappa shape index (κ1) is 26.3. The SMILES string of the molecule is CCOC(=O)C(C)(C)c1cnc(Nc2ccc3c(c2)CNCC3)nc1Cl.O=C(O)C(F)(F)F. The number of aliphatic carboxylic acids is 1. The number of aromatic nitrogens is 2. The van der Waals surface area contributed by atoms with Crippen LogP contribution in [0.4, 0.5) is 24.8 Å². The molecule has 3 rings (SSSR count). The van der Waals surface area contributed by atoms with Gasteiger partial charge in [-0.05, 0) is 57.0 Å². The van der Waals surface area contributed by atoms with E-state index in [9.17, 15) is 18.0 Å². The van der Waals surface area contributed by atoms with E-state index >= 15 is 0 Å². The molecule has 0 aliphatic carbocycles. The molecule has 1 aromatic heterocycles. The number of rotatable bonds is 5. The van der Waals surface area contributed by atoms with Gasteiger partial charge in [0.2, 0.25) is 5.95 Å². The molecule has 0 atom stereocenters. The van der Waals surface area contributed by atoms with E-state index in [-0.39, 0.29) is 11.1 Å². The minimum atomic E-state index is -5.08. The average Bonchev–Trinajstić information content (AvgIpc) is 2.73. The minimum Gasteiger partial charge on any atom is -0.475 e. The van der Waals surface area contributed by atoms with Crippen molar-refractivity contribution in [3.05, 3.63) is 46.2 Å². The lowest BCUT2D eigenvalue weighted by molar-refractivity contribution is -0.192. The van der Waals surface area contributed by atoms with Gasteiger partial charge < -0.3 is 20.5 Å². The maximum absolute atomic E-state index is 12.2.